The fourth-order valence-electron chi connectivity index (χ4n) is 2.58. The number of phenolic OH excluding ortho intramolecular Hbond substituents is 1. The van der Waals surface area contributed by atoms with E-state index >= 15 is 0 Å². The number of carbonyl (C=O) groups excluding carboxylic acids is 1. The number of amides is 1. The third-order valence-corrected chi connectivity index (χ3v) is 3.80. The number of aryl methyl sites for hydroxylation is 1. The summed E-state index contributed by atoms with van der Waals surface area (Å²) in [6.45, 7) is 2.93. The van der Waals surface area contributed by atoms with E-state index in [0.29, 0.717) is 12.5 Å². The Kier molecular flexibility index (Phi) is 5.22. The summed E-state index contributed by atoms with van der Waals surface area (Å²) >= 11 is 0. The first-order valence-electron chi connectivity index (χ1n) is 7.44. The molecule has 1 atom stereocenters. The lowest BCUT2D eigenvalue weighted by Crippen LogP contribution is -2.36. The number of carbonyl (C=O) groups is 1. The molecule has 1 N–H and O–H groups in total. The molecule has 0 aliphatic carbocycles. The monoisotopic (exact) mass is 273 g/mol. The summed E-state index contributed by atoms with van der Waals surface area (Å²) in [6, 6.07) is 7.38. The van der Waals surface area contributed by atoms with Crippen molar-refractivity contribution in [1.82, 2.24) is 4.90 Å². The molecule has 0 spiro atoms. The second-order valence-corrected chi connectivity index (χ2v) is 5.35. The Balaban J connectivity index is 1.83. The molecular weight excluding hydrogens is 250 g/mol. The van der Waals surface area contributed by atoms with Gasteiger partial charge in [-0.05, 0) is 30.5 Å². The summed E-state index contributed by atoms with van der Waals surface area (Å²) < 4.78 is 0. The molecular formula is C17H23NO2. The molecule has 0 saturated carbocycles. The summed E-state index contributed by atoms with van der Waals surface area (Å²) in [5, 5.41) is 9.24. The largest absolute Gasteiger partial charge is 0.508 e. The zero-order chi connectivity index (χ0) is 14.4. The van der Waals surface area contributed by atoms with Gasteiger partial charge in [0.15, 0.2) is 0 Å². The molecule has 1 aromatic carbocycles. The molecule has 0 fully saturated rings. The third-order valence-electron chi connectivity index (χ3n) is 3.80. The van der Waals surface area contributed by atoms with Crippen LogP contribution < -0.4 is 0 Å². The minimum absolute atomic E-state index is 0.226. The maximum absolute atomic E-state index is 12.3. The Morgan fingerprint density at radius 2 is 2.10 bits per heavy atom. The number of benzene rings is 1. The number of unbranched alkanes of at least 4 members (excludes halogenated alkanes) is 1. The topological polar surface area (TPSA) is 40.5 Å². The maximum atomic E-state index is 12.3. The molecule has 0 unspecified atom stereocenters. The van der Waals surface area contributed by atoms with Gasteiger partial charge in [0.1, 0.15) is 5.75 Å². The SMILES string of the molecule is CCCC[C@@H]1C=CCN1C(=O)CCc1ccc(O)cc1. The van der Waals surface area contributed by atoms with Crippen molar-refractivity contribution in [3.63, 3.8) is 0 Å². The van der Waals surface area contributed by atoms with Gasteiger partial charge in [0.05, 0.1) is 6.04 Å². The summed E-state index contributed by atoms with van der Waals surface area (Å²) in [7, 11) is 0. The van der Waals surface area contributed by atoms with Crippen LogP contribution in [0.1, 0.15) is 38.2 Å². The van der Waals surface area contributed by atoms with Gasteiger partial charge in [-0.15, -0.1) is 0 Å². The predicted molar refractivity (Wildman–Crippen MR) is 80.6 cm³/mol. The van der Waals surface area contributed by atoms with Crippen LogP contribution in [0.25, 0.3) is 0 Å². The smallest absolute Gasteiger partial charge is 0.223 e. The van der Waals surface area contributed by atoms with E-state index in [0.717, 1.165) is 31.4 Å². The van der Waals surface area contributed by atoms with E-state index in [4.69, 9.17) is 0 Å². The van der Waals surface area contributed by atoms with E-state index < -0.39 is 0 Å². The second-order valence-electron chi connectivity index (χ2n) is 5.35. The molecule has 0 bridgehead atoms. The summed E-state index contributed by atoms with van der Waals surface area (Å²) in [4.78, 5) is 14.3. The van der Waals surface area contributed by atoms with E-state index in [9.17, 15) is 9.90 Å². The van der Waals surface area contributed by atoms with Crippen LogP contribution in [0.5, 0.6) is 5.75 Å². The van der Waals surface area contributed by atoms with Gasteiger partial charge < -0.3 is 10.0 Å². The van der Waals surface area contributed by atoms with Crippen LogP contribution in [-0.2, 0) is 11.2 Å². The van der Waals surface area contributed by atoms with Gasteiger partial charge in [0.25, 0.3) is 0 Å². The van der Waals surface area contributed by atoms with E-state index in [1.807, 2.05) is 17.0 Å². The molecule has 20 heavy (non-hydrogen) atoms. The maximum Gasteiger partial charge on any atom is 0.223 e. The van der Waals surface area contributed by atoms with Crippen molar-refractivity contribution in [2.45, 2.75) is 45.1 Å². The Bertz CT molecular complexity index is 464. The Morgan fingerprint density at radius 3 is 2.80 bits per heavy atom. The van der Waals surface area contributed by atoms with Gasteiger partial charge in [0.2, 0.25) is 5.91 Å². The van der Waals surface area contributed by atoms with Crippen LogP contribution in [0.4, 0.5) is 0 Å². The van der Waals surface area contributed by atoms with Crippen molar-refractivity contribution in [2.75, 3.05) is 6.54 Å². The molecule has 1 amide bonds. The quantitative estimate of drug-likeness (QED) is 0.808. The normalized spacial score (nSPS) is 17.6. The van der Waals surface area contributed by atoms with Gasteiger partial charge in [0, 0.05) is 13.0 Å². The number of aromatic hydroxyl groups is 1. The van der Waals surface area contributed by atoms with Crippen molar-refractivity contribution in [1.29, 1.82) is 0 Å². The minimum atomic E-state index is 0.226. The lowest BCUT2D eigenvalue weighted by molar-refractivity contribution is -0.131. The first-order valence-corrected chi connectivity index (χ1v) is 7.44. The molecule has 1 aliphatic rings. The summed E-state index contributed by atoms with van der Waals surface area (Å²) in [5.41, 5.74) is 1.09. The molecule has 0 aromatic heterocycles. The molecule has 0 radical (unpaired) electrons. The van der Waals surface area contributed by atoms with Crippen LogP contribution in [-0.4, -0.2) is 28.5 Å². The van der Waals surface area contributed by atoms with Crippen molar-refractivity contribution in [3.05, 3.63) is 42.0 Å². The fraction of sp³-hybridized carbons (Fsp3) is 0.471. The van der Waals surface area contributed by atoms with Gasteiger partial charge in [-0.3, -0.25) is 4.79 Å². The first-order chi connectivity index (χ1) is 9.70. The lowest BCUT2D eigenvalue weighted by atomic mass is 10.1. The first kappa shape index (κ1) is 14.6. The highest BCUT2D eigenvalue weighted by Gasteiger charge is 2.23. The number of hydrogen-bond donors (Lipinski definition) is 1. The average Bonchev–Trinajstić information content (AvgIpc) is 2.92. The van der Waals surface area contributed by atoms with Crippen LogP contribution in [0.2, 0.25) is 0 Å². The zero-order valence-corrected chi connectivity index (χ0v) is 12.1. The van der Waals surface area contributed by atoms with Crippen LogP contribution in [0, 0.1) is 0 Å². The summed E-state index contributed by atoms with van der Waals surface area (Å²) in [6.07, 6.45) is 8.92. The van der Waals surface area contributed by atoms with Crippen molar-refractivity contribution >= 4 is 5.91 Å². The molecule has 3 heteroatoms. The highest BCUT2D eigenvalue weighted by atomic mass is 16.3. The lowest BCUT2D eigenvalue weighted by Gasteiger charge is -2.24. The summed E-state index contributed by atoms with van der Waals surface area (Å²) in [5.74, 6) is 0.493. The Labute approximate surface area is 120 Å². The highest BCUT2D eigenvalue weighted by molar-refractivity contribution is 5.77. The molecule has 2 rings (SSSR count). The van der Waals surface area contributed by atoms with E-state index in [2.05, 4.69) is 19.1 Å². The van der Waals surface area contributed by atoms with E-state index in [1.54, 1.807) is 12.1 Å². The third kappa shape index (κ3) is 3.86. The van der Waals surface area contributed by atoms with Crippen molar-refractivity contribution in [3.8, 4) is 5.75 Å². The van der Waals surface area contributed by atoms with E-state index in [-0.39, 0.29) is 11.7 Å². The van der Waals surface area contributed by atoms with E-state index in [1.165, 1.54) is 6.42 Å². The molecule has 1 aliphatic heterocycles. The molecule has 108 valence electrons. The van der Waals surface area contributed by atoms with Gasteiger partial charge in [-0.2, -0.15) is 0 Å². The second kappa shape index (κ2) is 7.13. The standard InChI is InChI=1S/C17H23NO2/c1-2-3-5-15-6-4-13-18(15)17(20)12-9-14-7-10-16(19)11-8-14/h4,6-8,10-11,15,19H,2-3,5,9,12-13H2,1H3/t15-/m1/s1. The number of phenols is 1. The highest BCUT2D eigenvalue weighted by Crippen LogP contribution is 2.18. The Hall–Kier alpha value is -1.77. The average molecular weight is 273 g/mol. The molecule has 1 aromatic rings. The molecule has 0 saturated heterocycles. The number of nitrogens with zero attached hydrogens (tertiary/aromatic N) is 1. The zero-order valence-electron chi connectivity index (χ0n) is 12.1. The van der Waals surface area contributed by atoms with Gasteiger partial charge in [-0.1, -0.05) is 44.1 Å². The van der Waals surface area contributed by atoms with Crippen LogP contribution in [0.15, 0.2) is 36.4 Å². The predicted octanol–water partition coefficient (Wildman–Crippen LogP) is 3.28. The number of rotatable bonds is 6. The number of hydrogen-bond acceptors (Lipinski definition) is 2. The fourth-order valence-corrected chi connectivity index (χ4v) is 2.58. The molecule has 1 heterocycles. The van der Waals surface area contributed by atoms with Crippen molar-refractivity contribution in [2.24, 2.45) is 0 Å². The van der Waals surface area contributed by atoms with Crippen molar-refractivity contribution < 1.29 is 9.90 Å². The molecule has 3 nitrogen and oxygen atoms in total. The van der Waals surface area contributed by atoms with Crippen LogP contribution >= 0.6 is 0 Å². The van der Waals surface area contributed by atoms with Crippen LogP contribution in [0.3, 0.4) is 0 Å². The van der Waals surface area contributed by atoms with Gasteiger partial charge >= 0.3 is 0 Å². The Morgan fingerprint density at radius 1 is 1.35 bits per heavy atom. The minimum Gasteiger partial charge on any atom is -0.508 e. The van der Waals surface area contributed by atoms with Gasteiger partial charge in [-0.25, -0.2) is 0 Å².